The first-order chi connectivity index (χ1) is 8.29. The average Bonchev–Trinajstić information content (AvgIpc) is 2.40. The van der Waals surface area contributed by atoms with Crippen LogP contribution in [0.3, 0.4) is 0 Å². The first-order valence-corrected chi connectivity index (χ1v) is 5.84. The van der Waals surface area contributed by atoms with Crippen molar-refractivity contribution in [2.75, 3.05) is 26.3 Å². The predicted octanol–water partition coefficient (Wildman–Crippen LogP) is 0.449. The number of ether oxygens (including phenoxy) is 1. The maximum atomic E-state index is 12.0. The van der Waals surface area contributed by atoms with Crippen LogP contribution in [0.25, 0.3) is 0 Å². The smallest absolute Gasteiger partial charge is 0.227 e. The highest BCUT2D eigenvalue weighted by Gasteiger charge is 2.23. The summed E-state index contributed by atoms with van der Waals surface area (Å²) in [7, 11) is 0. The number of carbonyl (C=O) groups is 1. The quantitative estimate of drug-likeness (QED) is 0.827. The summed E-state index contributed by atoms with van der Waals surface area (Å²) in [4.78, 5) is 13.8. The van der Waals surface area contributed by atoms with E-state index in [0.29, 0.717) is 26.1 Å². The van der Waals surface area contributed by atoms with Crippen LogP contribution in [0.15, 0.2) is 30.3 Å². The van der Waals surface area contributed by atoms with Gasteiger partial charge in [0.1, 0.15) is 0 Å². The first kappa shape index (κ1) is 12.1. The van der Waals surface area contributed by atoms with Crippen LogP contribution < -0.4 is 0 Å². The Morgan fingerprint density at radius 3 is 2.88 bits per heavy atom. The zero-order valence-electron chi connectivity index (χ0n) is 9.71. The lowest BCUT2D eigenvalue weighted by Gasteiger charge is -2.32. The third-order valence-corrected chi connectivity index (χ3v) is 2.89. The Balaban J connectivity index is 1.91. The third-order valence-electron chi connectivity index (χ3n) is 2.89. The molecule has 17 heavy (non-hydrogen) atoms. The number of rotatable bonds is 3. The van der Waals surface area contributed by atoms with E-state index in [1.54, 1.807) is 4.90 Å². The summed E-state index contributed by atoms with van der Waals surface area (Å²) in [5.41, 5.74) is 1.02. The van der Waals surface area contributed by atoms with E-state index in [0.717, 1.165) is 5.56 Å². The SMILES string of the molecule is O=C(Cc1ccccc1)N1CCOC(CO)C1. The summed E-state index contributed by atoms with van der Waals surface area (Å²) < 4.78 is 5.31. The van der Waals surface area contributed by atoms with Crippen LogP contribution in [0.1, 0.15) is 5.56 Å². The number of carbonyl (C=O) groups excluding carboxylic acids is 1. The van der Waals surface area contributed by atoms with E-state index in [9.17, 15) is 4.79 Å². The van der Waals surface area contributed by atoms with Gasteiger partial charge in [0.25, 0.3) is 0 Å². The molecule has 0 radical (unpaired) electrons. The lowest BCUT2D eigenvalue weighted by Crippen LogP contribution is -2.47. The Labute approximate surface area is 101 Å². The van der Waals surface area contributed by atoms with E-state index in [4.69, 9.17) is 9.84 Å². The highest BCUT2D eigenvalue weighted by atomic mass is 16.5. The monoisotopic (exact) mass is 235 g/mol. The molecule has 4 heteroatoms. The van der Waals surface area contributed by atoms with Crippen molar-refractivity contribution >= 4 is 5.91 Å². The molecular weight excluding hydrogens is 218 g/mol. The van der Waals surface area contributed by atoms with Gasteiger partial charge in [-0.25, -0.2) is 0 Å². The van der Waals surface area contributed by atoms with Crippen molar-refractivity contribution in [3.8, 4) is 0 Å². The number of benzene rings is 1. The molecule has 0 saturated carbocycles. The normalized spacial score (nSPS) is 20.3. The lowest BCUT2D eigenvalue weighted by molar-refractivity contribution is -0.139. The van der Waals surface area contributed by atoms with Gasteiger partial charge in [-0.3, -0.25) is 4.79 Å². The van der Waals surface area contributed by atoms with Crippen molar-refractivity contribution in [3.05, 3.63) is 35.9 Å². The molecule has 2 rings (SSSR count). The standard InChI is InChI=1S/C13H17NO3/c15-10-12-9-14(6-7-17-12)13(16)8-11-4-2-1-3-5-11/h1-5,12,15H,6-10H2. The van der Waals surface area contributed by atoms with Crippen molar-refractivity contribution in [1.29, 1.82) is 0 Å². The molecule has 1 aliphatic rings. The van der Waals surface area contributed by atoms with Crippen molar-refractivity contribution < 1.29 is 14.6 Å². The highest BCUT2D eigenvalue weighted by Crippen LogP contribution is 2.08. The van der Waals surface area contributed by atoms with Crippen molar-refractivity contribution in [2.45, 2.75) is 12.5 Å². The van der Waals surface area contributed by atoms with Crippen LogP contribution in [0.2, 0.25) is 0 Å². The highest BCUT2D eigenvalue weighted by molar-refractivity contribution is 5.78. The number of hydrogen-bond donors (Lipinski definition) is 1. The third kappa shape index (κ3) is 3.28. The minimum Gasteiger partial charge on any atom is -0.394 e. The summed E-state index contributed by atoms with van der Waals surface area (Å²) in [5.74, 6) is 0.0953. The van der Waals surface area contributed by atoms with Gasteiger partial charge in [-0.1, -0.05) is 30.3 Å². The predicted molar refractivity (Wildman–Crippen MR) is 63.6 cm³/mol. The van der Waals surface area contributed by atoms with E-state index >= 15 is 0 Å². The van der Waals surface area contributed by atoms with E-state index in [1.807, 2.05) is 30.3 Å². The Kier molecular flexibility index (Phi) is 4.12. The first-order valence-electron chi connectivity index (χ1n) is 5.84. The Hall–Kier alpha value is -1.39. The number of nitrogens with zero attached hydrogens (tertiary/aromatic N) is 1. The second-order valence-corrected chi connectivity index (χ2v) is 4.18. The maximum absolute atomic E-state index is 12.0. The van der Waals surface area contributed by atoms with E-state index in [1.165, 1.54) is 0 Å². The molecular formula is C13H17NO3. The second kappa shape index (κ2) is 5.80. The van der Waals surface area contributed by atoms with Crippen LogP contribution >= 0.6 is 0 Å². The zero-order valence-corrected chi connectivity index (χ0v) is 9.71. The average molecular weight is 235 g/mol. The molecule has 0 aliphatic carbocycles. The Morgan fingerprint density at radius 2 is 2.18 bits per heavy atom. The molecule has 1 saturated heterocycles. The van der Waals surface area contributed by atoms with Crippen molar-refractivity contribution in [2.24, 2.45) is 0 Å². The van der Waals surface area contributed by atoms with Crippen LogP contribution in [-0.4, -0.2) is 48.3 Å². The number of morpholine rings is 1. The number of amides is 1. The zero-order chi connectivity index (χ0) is 12.1. The number of aliphatic hydroxyl groups is 1. The molecule has 0 spiro atoms. The van der Waals surface area contributed by atoms with Crippen molar-refractivity contribution in [3.63, 3.8) is 0 Å². The van der Waals surface area contributed by atoms with Gasteiger partial charge in [0.05, 0.1) is 25.7 Å². The van der Waals surface area contributed by atoms with Crippen LogP contribution in [-0.2, 0) is 16.0 Å². The summed E-state index contributed by atoms with van der Waals surface area (Å²) in [5, 5.41) is 9.02. The molecule has 1 atom stereocenters. The molecule has 92 valence electrons. The van der Waals surface area contributed by atoms with Gasteiger partial charge in [0.15, 0.2) is 0 Å². The van der Waals surface area contributed by atoms with E-state index in [-0.39, 0.29) is 18.6 Å². The molecule has 1 aliphatic heterocycles. The minimum atomic E-state index is -0.233. The molecule has 1 aromatic carbocycles. The summed E-state index contributed by atoms with van der Waals surface area (Å²) >= 11 is 0. The topological polar surface area (TPSA) is 49.8 Å². The molecule has 1 aromatic rings. The van der Waals surface area contributed by atoms with Gasteiger partial charge < -0.3 is 14.7 Å². The fourth-order valence-electron chi connectivity index (χ4n) is 1.94. The van der Waals surface area contributed by atoms with Gasteiger partial charge in [-0.2, -0.15) is 0 Å². The molecule has 1 N–H and O–H groups in total. The largest absolute Gasteiger partial charge is 0.394 e. The van der Waals surface area contributed by atoms with Gasteiger partial charge in [0, 0.05) is 13.1 Å². The van der Waals surface area contributed by atoms with Gasteiger partial charge in [-0.15, -0.1) is 0 Å². The Morgan fingerprint density at radius 1 is 1.41 bits per heavy atom. The fraction of sp³-hybridized carbons (Fsp3) is 0.462. The van der Waals surface area contributed by atoms with Gasteiger partial charge in [-0.05, 0) is 5.56 Å². The van der Waals surface area contributed by atoms with Crippen LogP contribution in [0.4, 0.5) is 0 Å². The molecule has 1 fully saturated rings. The molecule has 0 aromatic heterocycles. The molecule has 1 amide bonds. The van der Waals surface area contributed by atoms with Gasteiger partial charge >= 0.3 is 0 Å². The van der Waals surface area contributed by atoms with Crippen LogP contribution in [0.5, 0.6) is 0 Å². The molecule has 0 bridgehead atoms. The van der Waals surface area contributed by atoms with Gasteiger partial charge in [0.2, 0.25) is 5.91 Å². The number of hydrogen-bond acceptors (Lipinski definition) is 3. The molecule has 1 unspecified atom stereocenters. The summed E-state index contributed by atoms with van der Waals surface area (Å²) in [6, 6.07) is 9.69. The lowest BCUT2D eigenvalue weighted by atomic mass is 10.1. The van der Waals surface area contributed by atoms with E-state index in [2.05, 4.69) is 0 Å². The second-order valence-electron chi connectivity index (χ2n) is 4.18. The molecule has 1 heterocycles. The van der Waals surface area contributed by atoms with Crippen molar-refractivity contribution in [1.82, 2.24) is 4.90 Å². The Bertz CT molecular complexity index is 366. The summed E-state index contributed by atoms with van der Waals surface area (Å²) in [6.07, 6.45) is 0.183. The minimum absolute atomic E-state index is 0.0326. The fourth-order valence-corrected chi connectivity index (χ4v) is 1.94. The maximum Gasteiger partial charge on any atom is 0.227 e. The molecule has 4 nitrogen and oxygen atoms in total. The van der Waals surface area contributed by atoms with E-state index < -0.39 is 0 Å². The summed E-state index contributed by atoms with van der Waals surface area (Å²) in [6.45, 7) is 1.57. The number of aliphatic hydroxyl groups excluding tert-OH is 1. The van der Waals surface area contributed by atoms with Crippen LogP contribution in [0, 0.1) is 0 Å².